The average molecular weight is 306 g/mol. The van der Waals surface area contributed by atoms with Crippen LogP contribution in [0.3, 0.4) is 0 Å². The molecule has 2 unspecified atom stereocenters. The lowest BCUT2D eigenvalue weighted by atomic mass is 9.58. The van der Waals surface area contributed by atoms with E-state index in [0.29, 0.717) is 11.8 Å². The van der Waals surface area contributed by atoms with Crippen LogP contribution in [0.15, 0.2) is 0 Å². The van der Waals surface area contributed by atoms with Crippen LogP contribution in [0.25, 0.3) is 0 Å². The highest BCUT2D eigenvalue weighted by Gasteiger charge is 2.76. The van der Waals surface area contributed by atoms with Gasteiger partial charge in [-0.1, -0.05) is 0 Å². The second-order valence-electron chi connectivity index (χ2n) is 9.08. The van der Waals surface area contributed by atoms with Crippen LogP contribution in [0.4, 0.5) is 0 Å². The molecule has 5 aliphatic rings. The zero-order chi connectivity index (χ0) is 16.0. The first kappa shape index (κ1) is 15.0. The summed E-state index contributed by atoms with van der Waals surface area (Å²) in [6.07, 6.45) is 5.17. The Hall–Kier alpha value is -0.545. The molecule has 0 radical (unpaired) electrons. The average Bonchev–Trinajstić information content (AvgIpc) is 3.09. The van der Waals surface area contributed by atoms with Crippen molar-refractivity contribution >= 4 is 13.1 Å². The molecule has 22 heavy (non-hydrogen) atoms. The van der Waals surface area contributed by atoms with Gasteiger partial charge in [0.05, 0.1) is 23.7 Å². The van der Waals surface area contributed by atoms with Crippen molar-refractivity contribution in [3.8, 4) is 0 Å². The van der Waals surface area contributed by atoms with E-state index in [0.717, 1.165) is 32.0 Å². The normalized spacial score (nSPS) is 46.7. The van der Waals surface area contributed by atoms with Gasteiger partial charge in [-0.3, -0.25) is 4.79 Å². The lowest BCUT2D eigenvalue weighted by Crippen LogP contribution is -2.43. The fourth-order valence-electron chi connectivity index (χ4n) is 6.01. The third-order valence-electron chi connectivity index (χ3n) is 7.64. The number of rotatable bonds is 3. The molecule has 4 nitrogen and oxygen atoms in total. The van der Waals surface area contributed by atoms with E-state index in [4.69, 9.17) is 14.0 Å². The minimum Gasteiger partial charge on any atom is -0.469 e. The van der Waals surface area contributed by atoms with Crippen molar-refractivity contribution in [2.75, 3.05) is 7.11 Å². The number of methoxy groups -OCH3 is 1. The number of ether oxygens (including phenoxy) is 1. The second kappa shape index (κ2) is 4.10. The highest BCUT2D eigenvalue weighted by atomic mass is 16.7. The van der Waals surface area contributed by atoms with Gasteiger partial charge in [-0.15, -0.1) is 0 Å². The molecular weight excluding hydrogens is 279 g/mol. The lowest BCUT2D eigenvalue weighted by molar-refractivity contribution is -0.157. The first-order valence-electron chi connectivity index (χ1n) is 8.59. The van der Waals surface area contributed by atoms with E-state index in [2.05, 4.69) is 27.7 Å². The summed E-state index contributed by atoms with van der Waals surface area (Å²) in [5.41, 5.74) is -0.824. The van der Waals surface area contributed by atoms with Crippen LogP contribution in [0, 0.1) is 22.7 Å². The quantitative estimate of drug-likeness (QED) is 0.594. The van der Waals surface area contributed by atoms with Crippen molar-refractivity contribution in [2.24, 2.45) is 22.7 Å². The predicted molar refractivity (Wildman–Crippen MR) is 83.2 cm³/mol. The summed E-state index contributed by atoms with van der Waals surface area (Å²) in [5.74, 6) is 1.43. The highest BCUT2D eigenvalue weighted by Crippen LogP contribution is 2.78. The van der Waals surface area contributed by atoms with Crippen LogP contribution in [0.5, 0.6) is 0 Å². The minimum absolute atomic E-state index is 0.00603. The van der Waals surface area contributed by atoms with Gasteiger partial charge >= 0.3 is 13.1 Å². The maximum absolute atomic E-state index is 12.6. The Bertz CT molecular complexity index is 497. The third-order valence-corrected chi connectivity index (χ3v) is 7.64. The first-order valence-corrected chi connectivity index (χ1v) is 8.59. The van der Waals surface area contributed by atoms with E-state index in [-0.39, 0.29) is 35.1 Å². The standard InChI is InChI=1S/C17H27BO4/c1-14(2)15(3,4)22-18(21-14)10-16-6-11-8-17(16,13(19)20-5)9-12(11)7-16/h11-12H,6-10H2,1-5H3. The minimum atomic E-state index is -0.299. The molecule has 0 aromatic carbocycles. The molecular formula is C17H27BO4. The lowest BCUT2D eigenvalue weighted by Gasteiger charge is -2.39. The molecule has 0 N–H and O–H groups in total. The van der Waals surface area contributed by atoms with Gasteiger partial charge in [0.25, 0.3) is 0 Å². The van der Waals surface area contributed by atoms with Crippen LogP contribution in [0.2, 0.25) is 6.32 Å². The van der Waals surface area contributed by atoms with E-state index >= 15 is 0 Å². The van der Waals surface area contributed by atoms with E-state index in [1.807, 2.05) is 0 Å². The molecule has 4 aliphatic carbocycles. The number of carbonyl (C=O) groups excluding carboxylic acids is 1. The molecule has 122 valence electrons. The zero-order valence-electron chi connectivity index (χ0n) is 14.4. The van der Waals surface area contributed by atoms with Gasteiger partial charge in [0.15, 0.2) is 0 Å². The molecule has 2 atom stereocenters. The summed E-state index contributed by atoms with van der Waals surface area (Å²) in [7, 11) is 1.33. The zero-order valence-corrected chi connectivity index (χ0v) is 14.4. The second-order valence-corrected chi connectivity index (χ2v) is 9.08. The van der Waals surface area contributed by atoms with Crippen molar-refractivity contribution in [3.63, 3.8) is 0 Å². The molecule has 0 amide bonds. The summed E-state index contributed by atoms with van der Waals surface area (Å²) >= 11 is 0. The predicted octanol–water partition coefficient (Wildman–Crippen LogP) is 3.06. The molecule has 5 rings (SSSR count). The number of carbonyl (C=O) groups is 1. The van der Waals surface area contributed by atoms with Gasteiger partial charge in [-0.2, -0.15) is 0 Å². The molecule has 1 heterocycles. The van der Waals surface area contributed by atoms with Crippen molar-refractivity contribution in [1.82, 2.24) is 0 Å². The summed E-state index contributed by atoms with van der Waals surface area (Å²) in [5, 5.41) is 0. The van der Waals surface area contributed by atoms with Gasteiger partial charge in [0, 0.05) is 0 Å². The van der Waals surface area contributed by atoms with E-state index < -0.39 is 0 Å². The summed E-state index contributed by atoms with van der Waals surface area (Å²) in [6, 6.07) is 0. The van der Waals surface area contributed by atoms with Crippen molar-refractivity contribution in [3.05, 3.63) is 0 Å². The largest absolute Gasteiger partial charge is 0.469 e. The summed E-state index contributed by atoms with van der Waals surface area (Å²) < 4.78 is 17.6. The van der Waals surface area contributed by atoms with Gasteiger partial charge in [0.2, 0.25) is 0 Å². The van der Waals surface area contributed by atoms with Gasteiger partial charge in [-0.25, -0.2) is 0 Å². The van der Waals surface area contributed by atoms with Crippen LogP contribution in [0.1, 0.15) is 53.4 Å². The molecule has 5 fully saturated rings. The molecule has 0 aromatic rings. The highest BCUT2D eigenvalue weighted by molar-refractivity contribution is 6.45. The van der Waals surface area contributed by atoms with Gasteiger partial charge in [0.1, 0.15) is 0 Å². The number of hydrogen-bond acceptors (Lipinski definition) is 4. The van der Waals surface area contributed by atoms with Crippen molar-refractivity contribution in [2.45, 2.75) is 70.9 Å². The van der Waals surface area contributed by atoms with Crippen LogP contribution in [-0.4, -0.2) is 31.4 Å². The fraction of sp³-hybridized carbons (Fsp3) is 0.941. The Labute approximate surface area is 133 Å². The smallest absolute Gasteiger partial charge is 0.458 e. The summed E-state index contributed by atoms with van der Waals surface area (Å²) in [6.45, 7) is 8.36. The monoisotopic (exact) mass is 306 g/mol. The Balaban J connectivity index is 1.60. The summed E-state index contributed by atoms with van der Waals surface area (Å²) in [4.78, 5) is 12.6. The SMILES string of the molecule is COC(=O)C12CC3CC1(CB1OC(C)(C)C(C)(C)O1)CC3C2. The van der Waals surface area contributed by atoms with E-state index in [1.54, 1.807) is 0 Å². The van der Waals surface area contributed by atoms with E-state index in [9.17, 15) is 4.79 Å². The Morgan fingerprint density at radius 2 is 1.55 bits per heavy atom. The van der Waals surface area contributed by atoms with Crippen LogP contribution >= 0.6 is 0 Å². The Morgan fingerprint density at radius 1 is 1.05 bits per heavy atom. The van der Waals surface area contributed by atoms with Crippen LogP contribution < -0.4 is 0 Å². The molecule has 4 saturated carbocycles. The molecule has 4 bridgehead atoms. The van der Waals surface area contributed by atoms with Crippen molar-refractivity contribution < 1.29 is 18.8 Å². The third kappa shape index (κ3) is 1.59. The van der Waals surface area contributed by atoms with Crippen molar-refractivity contribution in [1.29, 1.82) is 0 Å². The number of hydrogen-bond donors (Lipinski definition) is 0. The maximum atomic E-state index is 12.6. The number of esters is 1. The maximum Gasteiger partial charge on any atom is 0.458 e. The molecule has 5 heteroatoms. The van der Waals surface area contributed by atoms with E-state index in [1.165, 1.54) is 7.11 Å². The Kier molecular flexibility index (Phi) is 2.80. The van der Waals surface area contributed by atoms with Gasteiger partial charge < -0.3 is 14.0 Å². The van der Waals surface area contributed by atoms with Crippen LogP contribution in [-0.2, 0) is 18.8 Å². The fourth-order valence-corrected chi connectivity index (χ4v) is 6.01. The van der Waals surface area contributed by atoms with Gasteiger partial charge in [-0.05, 0) is 76.9 Å². The Morgan fingerprint density at radius 3 is 2.00 bits per heavy atom. The first-order chi connectivity index (χ1) is 10.1. The molecule has 1 aliphatic heterocycles. The topological polar surface area (TPSA) is 44.8 Å². The molecule has 0 aromatic heterocycles. The molecule has 0 spiro atoms. The molecule has 1 saturated heterocycles.